The van der Waals surface area contributed by atoms with Crippen LogP contribution in [-0.4, -0.2) is 17.5 Å². The van der Waals surface area contributed by atoms with Gasteiger partial charge in [0.05, 0.1) is 5.54 Å². The quantitative estimate of drug-likeness (QED) is 0.838. The summed E-state index contributed by atoms with van der Waals surface area (Å²) in [7, 11) is 0. The third-order valence-electron chi connectivity index (χ3n) is 4.43. The Bertz CT molecular complexity index is 426. The van der Waals surface area contributed by atoms with Crippen LogP contribution in [0.4, 0.5) is 0 Å². The van der Waals surface area contributed by atoms with Gasteiger partial charge >= 0.3 is 0 Å². The highest BCUT2D eigenvalue weighted by atomic mass is 16.1. The molecule has 1 aromatic carbocycles. The van der Waals surface area contributed by atoms with Crippen molar-refractivity contribution in [3.8, 4) is 0 Å². The Morgan fingerprint density at radius 3 is 2.50 bits per heavy atom. The molecular formula is C17H26N2O. The van der Waals surface area contributed by atoms with E-state index in [1.807, 2.05) is 25.1 Å². The van der Waals surface area contributed by atoms with Crippen LogP contribution in [0.2, 0.25) is 0 Å². The predicted octanol–water partition coefficient (Wildman–Crippen LogP) is 2.79. The lowest BCUT2D eigenvalue weighted by molar-refractivity contribution is -0.124. The summed E-state index contributed by atoms with van der Waals surface area (Å²) in [5, 5.41) is 3.53. The number of hydrogen-bond donors (Lipinski definition) is 2. The maximum absolute atomic E-state index is 11.9. The van der Waals surface area contributed by atoms with Crippen molar-refractivity contribution in [1.82, 2.24) is 5.32 Å². The van der Waals surface area contributed by atoms with E-state index in [1.54, 1.807) is 0 Å². The van der Waals surface area contributed by atoms with Crippen LogP contribution in [0.15, 0.2) is 30.3 Å². The number of carbonyl (C=O) groups excluding carboxylic acids is 1. The van der Waals surface area contributed by atoms with Gasteiger partial charge in [-0.25, -0.2) is 0 Å². The summed E-state index contributed by atoms with van der Waals surface area (Å²) in [6.07, 6.45) is 7.77. The number of aryl methyl sites for hydroxylation is 1. The molecule has 1 amide bonds. The Morgan fingerprint density at radius 1 is 1.25 bits per heavy atom. The van der Waals surface area contributed by atoms with E-state index >= 15 is 0 Å². The smallest absolute Gasteiger partial charge is 0.237 e. The first-order chi connectivity index (χ1) is 9.60. The fraction of sp³-hybridized carbons (Fsp3) is 0.588. The van der Waals surface area contributed by atoms with E-state index < -0.39 is 5.54 Å². The molecule has 0 spiro atoms. The van der Waals surface area contributed by atoms with Crippen LogP contribution in [0.25, 0.3) is 0 Å². The van der Waals surface area contributed by atoms with Gasteiger partial charge in [-0.2, -0.15) is 0 Å². The molecule has 3 heteroatoms. The summed E-state index contributed by atoms with van der Waals surface area (Å²) in [6, 6.07) is 10.7. The summed E-state index contributed by atoms with van der Waals surface area (Å²) in [5.74, 6) is -0.237. The molecule has 0 heterocycles. The van der Waals surface area contributed by atoms with Gasteiger partial charge in [-0.05, 0) is 38.2 Å². The van der Waals surface area contributed by atoms with Crippen LogP contribution >= 0.6 is 0 Å². The zero-order valence-corrected chi connectivity index (χ0v) is 12.4. The molecule has 0 aliphatic heterocycles. The molecule has 1 saturated carbocycles. The molecule has 20 heavy (non-hydrogen) atoms. The Labute approximate surface area is 121 Å². The van der Waals surface area contributed by atoms with Crippen molar-refractivity contribution in [3.05, 3.63) is 35.9 Å². The maximum atomic E-state index is 11.9. The Balaban J connectivity index is 1.95. The van der Waals surface area contributed by atoms with Gasteiger partial charge in [0.15, 0.2) is 0 Å². The second-order valence-corrected chi connectivity index (χ2v) is 6.16. The summed E-state index contributed by atoms with van der Waals surface area (Å²) >= 11 is 0. The van der Waals surface area contributed by atoms with Crippen molar-refractivity contribution in [2.75, 3.05) is 0 Å². The van der Waals surface area contributed by atoms with E-state index in [0.29, 0.717) is 6.04 Å². The average Bonchev–Trinajstić information content (AvgIpc) is 2.47. The van der Waals surface area contributed by atoms with Crippen molar-refractivity contribution in [2.45, 2.75) is 63.5 Å². The molecular weight excluding hydrogens is 248 g/mol. The number of primary amides is 1. The average molecular weight is 274 g/mol. The van der Waals surface area contributed by atoms with Gasteiger partial charge in [0.25, 0.3) is 0 Å². The molecule has 1 unspecified atom stereocenters. The van der Waals surface area contributed by atoms with Gasteiger partial charge in [0, 0.05) is 6.04 Å². The van der Waals surface area contributed by atoms with E-state index in [9.17, 15) is 4.79 Å². The standard InChI is InChI=1S/C17H26N2O/c1-17(16(18)20,19-15-10-6-3-7-11-15)13-12-14-8-4-2-5-9-14/h2,4-5,8-9,15,19H,3,6-7,10-13H2,1H3,(H2,18,20). The normalized spacial score (nSPS) is 19.4. The number of rotatable bonds is 6. The molecule has 110 valence electrons. The maximum Gasteiger partial charge on any atom is 0.237 e. The van der Waals surface area contributed by atoms with Crippen LogP contribution in [-0.2, 0) is 11.2 Å². The van der Waals surface area contributed by atoms with E-state index in [-0.39, 0.29) is 5.91 Å². The molecule has 0 saturated heterocycles. The fourth-order valence-corrected chi connectivity index (χ4v) is 3.00. The zero-order valence-electron chi connectivity index (χ0n) is 12.4. The van der Waals surface area contributed by atoms with Crippen molar-refractivity contribution in [3.63, 3.8) is 0 Å². The minimum absolute atomic E-state index is 0.237. The first-order valence-electron chi connectivity index (χ1n) is 7.72. The Kier molecular flexibility index (Phi) is 5.18. The van der Waals surface area contributed by atoms with Crippen LogP contribution < -0.4 is 11.1 Å². The van der Waals surface area contributed by atoms with Gasteiger partial charge in [-0.1, -0.05) is 49.6 Å². The van der Waals surface area contributed by atoms with Crippen molar-refractivity contribution in [2.24, 2.45) is 5.73 Å². The SMILES string of the molecule is CC(CCc1ccccc1)(NC1CCCCC1)C(N)=O. The summed E-state index contributed by atoms with van der Waals surface area (Å²) < 4.78 is 0. The Morgan fingerprint density at radius 2 is 1.90 bits per heavy atom. The van der Waals surface area contributed by atoms with E-state index in [4.69, 9.17) is 5.73 Å². The molecule has 3 N–H and O–H groups in total. The summed E-state index contributed by atoms with van der Waals surface area (Å²) in [6.45, 7) is 1.95. The minimum Gasteiger partial charge on any atom is -0.368 e. The molecule has 1 aliphatic rings. The molecule has 1 aliphatic carbocycles. The number of amides is 1. The van der Waals surface area contributed by atoms with Crippen LogP contribution in [0.3, 0.4) is 0 Å². The second-order valence-electron chi connectivity index (χ2n) is 6.16. The topological polar surface area (TPSA) is 55.1 Å². The van der Waals surface area contributed by atoms with Crippen LogP contribution in [0.5, 0.6) is 0 Å². The van der Waals surface area contributed by atoms with Crippen molar-refractivity contribution < 1.29 is 4.79 Å². The highest BCUT2D eigenvalue weighted by molar-refractivity contribution is 5.84. The molecule has 1 atom stereocenters. The number of nitrogens with one attached hydrogen (secondary N) is 1. The van der Waals surface area contributed by atoms with Crippen molar-refractivity contribution >= 4 is 5.91 Å². The Hall–Kier alpha value is -1.35. The zero-order chi connectivity index (χ0) is 14.4. The highest BCUT2D eigenvalue weighted by Crippen LogP contribution is 2.22. The van der Waals surface area contributed by atoms with Crippen LogP contribution in [0.1, 0.15) is 51.0 Å². The monoisotopic (exact) mass is 274 g/mol. The first kappa shape index (κ1) is 15.0. The largest absolute Gasteiger partial charge is 0.368 e. The molecule has 1 aromatic rings. The lowest BCUT2D eigenvalue weighted by Crippen LogP contribution is -2.57. The van der Waals surface area contributed by atoms with Gasteiger partial charge in [-0.3, -0.25) is 4.79 Å². The summed E-state index contributed by atoms with van der Waals surface area (Å²) in [5.41, 5.74) is 6.31. The van der Waals surface area contributed by atoms with E-state index in [0.717, 1.165) is 25.7 Å². The van der Waals surface area contributed by atoms with Gasteiger partial charge in [0.1, 0.15) is 0 Å². The molecule has 3 nitrogen and oxygen atoms in total. The van der Waals surface area contributed by atoms with Crippen molar-refractivity contribution in [1.29, 1.82) is 0 Å². The summed E-state index contributed by atoms with van der Waals surface area (Å²) in [4.78, 5) is 11.9. The number of benzene rings is 1. The van der Waals surface area contributed by atoms with E-state index in [1.165, 1.54) is 24.8 Å². The second kappa shape index (κ2) is 6.89. The van der Waals surface area contributed by atoms with Gasteiger partial charge in [0.2, 0.25) is 5.91 Å². The molecule has 2 rings (SSSR count). The predicted molar refractivity (Wildman–Crippen MR) is 82.4 cm³/mol. The number of hydrogen-bond acceptors (Lipinski definition) is 2. The van der Waals surface area contributed by atoms with Crippen LogP contribution in [0, 0.1) is 0 Å². The third-order valence-corrected chi connectivity index (χ3v) is 4.43. The van der Waals surface area contributed by atoms with Gasteiger partial charge in [-0.15, -0.1) is 0 Å². The van der Waals surface area contributed by atoms with Gasteiger partial charge < -0.3 is 11.1 Å². The molecule has 0 aromatic heterocycles. The number of carbonyl (C=O) groups is 1. The first-order valence-corrected chi connectivity index (χ1v) is 7.72. The van der Waals surface area contributed by atoms with E-state index in [2.05, 4.69) is 17.4 Å². The lowest BCUT2D eigenvalue weighted by atomic mass is 9.88. The minimum atomic E-state index is -0.599. The molecule has 0 radical (unpaired) electrons. The fourth-order valence-electron chi connectivity index (χ4n) is 3.00. The number of nitrogens with two attached hydrogens (primary N) is 1. The lowest BCUT2D eigenvalue weighted by Gasteiger charge is -2.34. The third kappa shape index (κ3) is 4.07. The highest BCUT2D eigenvalue weighted by Gasteiger charge is 2.33. The molecule has 1 fully saturated rings. The molecule has 0 bridgehead atoms.